The third-order valence-corrected chi connectivity index (χ3v) is 7.42. The minimum absolute atomic E-state index is 0.0914. The van der Waals surface area contributed by atoms with Gasteiger partial charge in [-0.3, -0.25) is 9.69 Å². The maximum atomic E-state index is 11.9. The lowest BCUT2D eigenvalue weighted by molar-refractivity contribution is -0.147. The van der Waals surface area contributed by atoms with E-state index in [-0.39, 0.29) is 17.0 Å². The van der Waals surface area contributed by atoms with Crippen LogP contribution in [0.25, 0.3) is 0 Å². The molecule has 7 nitrogen and oxygen atoms in total. The van der Waals surface area contributed by atoms with E-state index in [2.05, 4.69) is 17.1 Å². The summed E-state index contributed by atoms with van der Waals surface area (Å²) in [6, 6.07) is -0.595. The molecule has 1 fully saturated rings. The molecule has 2 aliphatic rings. The lowest BCUT2D eigenvalue weighted by Gasteiger charge is -2.48. The summed E-state index contributed by atoms with van der Waals surface area (Å²) in [4.78, 5) is 24.8. The fraction of sp³-hybridized carbons (Fsp3) is 0.571. The van der Waals surface area contributed by atoms with E-state index < -0.39 is 12.0 Å². The molecule has 0 bridgehead atoms. The van der Waals surface area contributed by atoms with E-state index in [1.54, 1.807) is 11.3 Å². The molecule has 0 aromatic carbocycles. The number of aromatic nitrogens is 2. The summed E-state index contributed by atoms with van der Waals surface area (Å²) in [6.07, 6.45) is 3.12. The Labute approximate surface area is 152 Å². The maximum absolute atomic E-state index is 11.9. The highest BCUT2D eigenvalue weighted by atomic mass is 32.2. The largest absolute Gasteiger partial charge is 0.477 e. The normalized spacial score (nSPS) is 23.2. The Morgan fingerprint density at radius 2 is 2.29 bits per heavy atom. The molecule has 10 heteroatoms. The van der Waals surface area contributed by atoms with Crippen LogP contribution in [0.3, 0.4) is 0 Å². The Morgan fingerprint density at radius 1 is 1.50 bits per heavy atom. The fourth-order valence-corrected chi connectivity index (χ4v) is 5.93. The van der Waals surface area contributed by atoms with Crippen molar-refractivity contribution in [3.05, 3.63) is 16.3 Å². The zero-order valence-electron chi connectivity index (χ0n) is 13.1. The number of carbonyl (C=O) groups is 2. The van der Waals surface area contributed by atoms with Gasteiger partial charge in [-0.05, 0) is 12.0 Å². The number of fused-ring (bicyclic) bond motifs is 1. The molecule has 3 rings (SSSR count). The second kappa shape index (κ2) is 7.42. The molecular weight excluding hydrogens is 368 g/mol. The molecule has 3 heterocycles. The minimum atomic E-state index is -1.07. The highest BCUT2D eigenvalue weighted by molar-refractivity contribution is 8.01. The highest BCUT2D eigenvalue weighted by Crippen LogP contribution is 2.40. The van der Waals surface area contributed by atoms with Crippen LogP contribution < -0.4 is 5.73 Å². The number of carbonyl (C=O) groups excluding carboxylic acids is 1. The van der Waals surface area contributed by atoms with E-state index in [0.717, 1.165) is 34.2 Å². The molecule has 0 spiro atoms. The number of unbranched alkanes of at least 4 members (excludes halogenated alkanes) is 1. The van der Waals surface area contributed by atoms with Gasteiger partial charge in [0.25, 0.3) is 0 Å². The van der Waals surface area contributed by atoms with Crippen molar-refractivity contribution >= 4 is 46.7 Å². The van der Waals surface area contributed by atoms with Gasteiger partial charge in [0, 0.05) is 17.9 Å². The number of aliphatic carboxylic acids is 1. The van der Waals surface area contributed by atoms with Crippen molar-refractivity contribution in [3.63, 3.8) is 0 Å². The molecule has 0 radical (unpaired) electrons. The Balaban J connectivity index is 1.70. The first-order valence-electron chi connectivity index (χ1n) is 7.63. The number of carboxylic acid groups (broad SMARTS) is 1. The summed E-state index contributed by atoms with van der Waals surface area (Å²) >= 11 is 4.54. The average Bonchev–Trinajstić information content (AvgIpc) is 3.04. The van der Waals surface area contributed by atoms with Gasteiger partial charge in [-0.2, -0.15) is 0 Å². The van der Waals surface area contributed by atoms with Crippen molar-refractivity contribution in [2.24, 2.45) is 5.73 Å². The number of β-lactam (4-membered cyclic amide) rings is 1. The lowest BCUT2D eigenvalue weighted by atomic mass is 10.0. The van der Waals surface area contributed by atoms with E-state index in [0.29, 0.717) is 11.5 Å². The smallest absolute Gasteiger partial charge is 0.352 e. The van der Waals surface area contributed by atoms with Crippen LogP contribution in [0, 0.1) is 0 Å². The standard InChI is InChI=1S/C14H18N4O3S3/c1-2-3-4-8-16-17-14(24-8)23-6-7-5-22-12-9(15)11(19)18(12)10(7)13(20)21/h9,12H,2-6,15H2,1H3,(H,20,21)/t9?,12-/m1/s1. The van der Waals surface area contributed by atoms with Crippen LogP contribution in [-0.4, -0.2) is 55.0 Å². The monoisotopic (exact) mass is 386 g/mol. The summed E-state index contributed by atoms with van der Waals surface area (Å²) in [5.74, 6) is -0.331. The van der Waals surface area contributed by atoms with Gasteiger partial charge in [-0.15, -0.1) is 22.0 Å². The van der Waals surface area contributed by atoms with Crippen LogP contribution >= 0.6 is 34.9 Å². The van der Waals surface area contributed by atoms with Crippen molar-refractivity contribution in [3.8, 4) is 0 Å². The lowest BCUT2D eigenvalue weighted by Crippen LogP contribution is -2.68. The second-order valence-corrected chi connectivity index (χ2v) is 8.94. The van der Waals surface area contributed by atoms with Gasteiger partial charge in [0.05, 0.1) is 0 Å². The molecule has 1 amide bonds. The first-order chi connectivity index (χ1) is 11.5. The van der Waals surface area contributed by atoms with Crippen LogP contribution in [0.2, 0.25) is 0 Å². The van der Waals surface area contributed by atoms with Gasteiger partial charge >= 0.3 is 5.97 Å². The zero-order chi connectivity index (χ0) is 17.3. The van der Waals surface area contributed by atoms with E-state index in [1.165, 1.54) is 28.4 Å². The Hall–Kier alpha value is -1.10. The number of aryl methyl sites for hydroxylation is 1. The number of thioether (sulfide) groups is 2. The van der Waals surface area contributed by atoms with Gasteiger partial charge in [0.1, 0.15) is 22.1 Å². The van der Waals surface area contributed by atoms with Gasteiger partial charge < -0.3 is 10.8 Å². The van der Waals surface area contributed by atoms with Gasteiger partial charge in [-0.1, -0.05) is 36.4 Å². The third kappa shape index (κ3) is 3.32. The molecule has 1 saturated heterocycles. The van der Waals surface area contributed by atoms with Crippen LogP contribution in [-0.2, 0) is 16.0 Å². The number of nitrogens with two attached hydrogens (primary N) is 1. The van der Waals surface area contributed by atoms with E-state index in [9.17, 15) is 14.7 Å². The Kier molecular flexibility index (Phi) is 5.48. The molecular formula is C14H18N4O3S3. The van der Waals surface area contributed by atoms with E-state index >= 15 is 0 Å². The Morgan fingerprint density at radius 3 is 3.00 bits per heavy atom. The van der Waals surface area contributed by atoms with Crippen molar-refractivity contribution < 1.29 is 14.7 Å². The number of nitrogens with zero attached hydrogens (tertiary/aromatic N) is 3. The van der Waals surface area contributed by atoms with E-state index in [4.69, 9.17) is 5.73 Å². The minimum Gasteiger partial charge on any atom is -0.477 e. The first kappa shape index (κ1) is 17.7. The Bertz CT molecular complexity index is 691. The van der Waals surface area contributed by atoms with Crippen LogP contribution in [0.5, 0.6) is 0 Å². The quantitative estimate of drug-likeness (QED) is 0.537. The molecule has 2 aliphatic heterocycles. The molecule has 24 heavy (non-hydrogen) atoms. The predicted molar refractivity (Wildman–Crippen MR) is 95.0 cm³/mol. The molecule has 0 aliphatic carbocycles. The number of hydrogen-bond donors (Lipinski definition) is 2. The maximum Gasteiger partial charge on any atom is 0.352 e. The zero-order valence-corrected chi connectivity index (χ0v) is 15.5. The summed E-state index contributed by atoms with van der Waals surface area (Å²) in [5.41, 5.74) is 6.57. The topological polar surface area (TPSA) is 109 Å². The number of hydrogen-bond acceptors (Lipinski definition) is 8. The predicted octanol–water partition coefficient (Wildman–Crippen LogP) is 1.55. The second-order valence-electron chi connectivity index (χ2n) is 5.55. The van der Waals surface area contributed by atoms with E-state index in [1.807, 2.05) is 0 Å². The average molecular weight is 387 g/mol. The number of rotatable bonds is 7. The summed E-state index contributed by atoms with van der Waals surface area (Å²) in [6.45, 7) is 2.13. The molecule has 1 aromatic heterocycles. The summed E-state index contributed by atoms with van der Waals surface area (Å²) < 4.78 is 0.831. The summed E-state index contributed by atoms with van der Waals surface area (Å²) in [5, 5.41) is 18.6. The molecule has 1 aromatic rings. The van der Waals surface area contributed by atoms with Crippen LogP contribution in [0.15, 0.2) is 15.6 Å². The van der Waals surface area contributed by atoms with Crippen molar-refractivity contribution in [2.75, 3.05) is 11.5 Å². The van der Waals surface area contributed by atoms with Gasteiger partial charge in [0.15, 0.2) is 4.34 Å². The SMILES string of the molecule is CCCCc1nnc(SCC2=C(C(=O)O)N3C(=O)C(N)[C@H]3SC2)s1. The van der Waals surface area contributed by atoms with Crippen LogP contribution in [0.4, 0.5) is 0 Å². The molecule has 0 saturated carbocycles. The van der Waals surface area contributed by atoms with Crippen LogP contribution in [0.1, 0.15) is 24.8 Å². The number of carboxylic acids is 1. The van der Waals surface area contributed by atoms with Gasteiger partial charge in [-0.25, -0.2) is 4.79 Å². The summed E-state index contributed by atoms with van der Waals surface area (Å²) in [7, 11) is 0. The first-order valence-corrected chi connectivity index (χ1v) is 10.5. The number of amides is 1. The van der Waals surface area contributed by atoms with Crippen molar-refractivity contribution in [1.29, 1.82) is 0 Å². The molecule has 3 N–H and O–H groups in total. The van der Waals surface area contributed by atoms with Crippen molar-refractivity contribution in [1.82, 2.24) is 15.1 Å². The molecule has 1 unspecified atom stereocenters. The highest BCUT2D eigenvalue weighted by Gasteiger charge is 2.51. The van der Waals surface area contributed by atoms with Gasteiger partial charge in [0.2, 0.25) is 5.91 Å². The molecule has 2 atom stereocenters. The fourth-order valence-electron chi connectivity index (χ4n) is 2.57. The molecule has 130 valence electrons. The third-order valence-electron chi connectivity index (χ3n) is 3.85. The van der Waals surface area contributed by atoms with Crippen molar-refractivity contribution in [2.45, 2.75) is 41.9 Å².